The maximum atomic E-state index is 3.58. The minimum absolute atomic E-state index is 0.772. The maximum Gasteiger partial charge on any atom is 0.0236 e. The Hall–Kier alpha value is -0.420. The second kappa shape index (κ2) is 6.56. The lowest BCUT2D eigenvalue weighted by atomic mass is 10.1. The summed E-state index contributed by atoms with van der Waals surface area (Å²) < 4.78 is 1.21. The third-order valence-electron chi connectivity index (χ3n) is 4.54. The number of rotatable bonds is 3. The number of nitrogens with zero attached hydrogens (tertiary/aromatic N) is 2. The van der Waals surface area contributed by atoms with Crippen LogP contribution in [0.15, 0.2) is 22.7 Å². The van der Waals surface area contributed by atoms with Gasteiger partial charge in [0, 0.05) is 56.3 Å². The number of aryl methyl sites for hydroxylation is 1. The fourth-order valence-corrected chi connectivity index (χ4v) is 3.61. The smallest absolute Gasteiger partial charge is 0.0236 e. The van der Waals surface area contributed by atoms with Gasteiger partial charge in [0.25, 0.3) is 0 Å². The molecular weight excluding hydrogens is 314 g/mol. The minimum Gasteiger partial charge on any atom is -0.314 e. The molecule has 0 bridgehead atoms. The fraction of sp³-hybridized carbons (Fsp3) is 0.625. The van der Waals surface area contributed by atoms with Gasteiger partial charge in [-0.25, -0.2) is 0 Å². The van der Waals surface area contributed by atoms with Crippen LogP contribution >= 0.6 is 15.9 Å². The van der Waals surface area contributed by atoms with Crippen molar-refractivity contribution in [3.63, 3.8) is 0 Å². The maximum absolute atomic E-state index is 3.58. The van der Waals surface area contributed by atoms with Gasteiger partial charge in [0.05, 0.1) is 0 Å². The number of likely N-dealkylation sites (tertiary alicyclic amines) is 1. The predicted molar refractivity (Wildman–Crippen MR) is 87.0 cm³/mol. The summed E-state index contributed by atoms with van der Waals surface area (Å²) in [5.41, 5.74) is 2.77. The van der Waals surface area contributed by atoms with Crippen molar-refractivity contribution in [2.45, 2.75) is 25.9 Å². The summed E-state index contributed by atoms with van der Waals surface area (Å²) in [6, 6.07) is 7.50. The van der Waals surface area contributed by atoms with E-state index in [1.807, 2.05) is 0 Å². The molecule has 4 heteroatoms. The highest BCUT2D eigenvalue weighted by Gasteiger charge is 2.28. The van der Waals surface area contributed by atoms with Gasteiger partial charge < -0.3 is 5.32 Å². The van der Waals surface area contributed by atoms with Gasteiger partial charge in [0.15, 0.2) is 0 Å². The summed E-state index contributed by atoms with van der Waals surface area (Å²) >= 11 is 3.58. The van der Waals surface area contributed by atoms with E-state index in [1.54, 1.807) is 0 Å². The van der Waals surface area contributed by atoms with Crippen molar-refractivity contribution in [3.8, 4) is 0 Å². The Labute approximate surface area is 130 Å². The SMILES string of the molecule is Cc1cc(CN2CCC(N3CCNCC3)C2)ccc1Br. The molecule has 1 N–H and O–H groups in total. The summed E-state index contributed by atoms with van der Waals surface area (Å²) in [4.78, 5) is 5.28. The molecule has 1 unspecified atom stereocenters. The number of hydrogen-bond donors (Lipinski definition) is 1. The summed E-state index contributed by atoms with van der Waals surface area (Å²) in [7, 11) is 0. The number of benzene rings is 1. The van der Waals surface area contributed by atoms with E-state index in [4.69, 9.17) is 0 Å². The Bertz CT molecular complexity index is 457. The van der Waals surface area contributed by atoms with Crippen molar-refractivity contribution in [2.75, 3.05) is 39.3 Å². The zero-order valence-corrected chi connectivity index (χ0v) is 13.8. The van der Waals surface area contributed by atoms with Crippen LogP contribution in [0.5, 0.6) is 0 Å². The van der Waals surface area contributed by atoms with Gasteiger partial charge in [-0.05, 0) is 30.5 Å². The van der Waals surface area contributed by atoms with Crippen LogP contribution in [0.4, 0.5) is 0 Å². The molecule has 3 rings (SSSR count). The second-order valence-corrected chi connectivity index (χ2v) is 6.90. The summed E-state index contributed by atoms with van der Waals surface area (Å²) in [6.45, 7) is 10.5. The van der Waals surface area contributed by atoms with Crippen LogP contribution in [0, 0.1) is 6.92 Å². The largest absolute Gasteiger partial charge is 0.314 e. The van der Waals surface area contributed by atoms with Crippen LogP contribution in [0.25, 0.3) is 0 Å². The predicted octanol–water partition coefficient (Wildman–Crippen LogP) is 2.24. The third-order valence-corrected chi connectivity index (χ3v) is 5.43. The Morgan fingerprint density at radius 3 is 2.80 bits per heavy atom. The van der Waals surface area contributed by atoms with E-state index in [-0.39, 0.29) is 0 Å². The molecule has 0 aliphatic carbocycles. The van der Waals surface area contributed by atoms with Crippen molar-refractivity contribution >= 4 is 15.9 Å². The lowest BCUT2D eigenvalue weighted by molar-refractivity contribution is 0.170. The van der Waals surface area contributed by atoms with Crippen molar-refractivity contribution in [1.82, 2.24) is 15.1 Å². The molecule has 2 aliphatic heterocycles. The number of halogens is 1. The summed E-state index contributed by atoms with van der Waals surface area (Å²) in [5.74, 6) is 0. The van der Waals surface area contributed by atoms with Gasteiger partial charge in [-0.15, -0.1) is 0 Å². The summed E-state index contributed by atoms with van der Waals surface area (Å²) in [6.07, 6.45) is 1.33. The van der Waals surface area contributed by atoms with Crippen LogP contribution in [0.3, 0.4) is 0 Å². The first-order valence-corrected chi connectivity index (χ1v) is 8.44. The van der Waals surface area contributed by atoms with Gasteiger partial charge in [0.2, 0.25) is 0 Å². The van der Waals surface area contributed by atoms with E-state index >= 15 is 0 Å². The normalized spacial score (nSPS) is 25.2. The number of hydrogen-bond acceptors (Lipinski definition) is 3. The Kier molecular flexibility index (Phi) is 4.76. The molecule has 0 spiro atoms. The first kappa shape index (κ1) is 14.5. The Morgan fingerprint density at radius 1 is 1.25 bits per heavy atom. The molecule has 1 aromatic carbocycles. The number of nitrogens with one attached hydrogen (secondary N) is 1. The molecule has 0 aromatic heterocycles. The van der Waals surface area contributed by atoms with Gasteiger partial charge in [-0.1, -0.05) is 28.1 Å². The molecule has 2 heterocycles. The molecule has 2 aliphatic rings. The highest BCUT2D eigenvalue weighted by atomic mass is 79.9. The van der Waals surface area contributed by atoms with Crippen molar-refractivity contribution in [1.29, 1.82) is 0 Å². The van der Waals surface area contributed by atoms with Gasteiger partial charge in [-0.3, -0.25) is 9.80 Å². The van der Waals surface area contributed by atoms with Crippen LogP contribution < -0.4 is 5.32 Å². The quantitative estimate of drug-likeness (QED) is 0.912. The van der Waals surface area contributed by atoms with Crippen molar-refractivity contribution in [3.05, 3.63) is 33.8 Å². The molecule has 0 saturated carbocycles. The van der Waals surface area contributed by atoms with Crippen molar-refractivity contribution < 1.29 is 0 Å². The van der Waals surface area contributed by atoms with Gasteiger partial charge in [-0.2, -0.15) is 0 Å². The van der Waals surface area contributed by atoms with Gasteiger partial charge in [0.1, 0.15) is 0 Å². The zero-order valence-electron chi connectivity index (χ0n) is 12.2. The molecular formula is C16H24BrN3. The lowest BCUT2D eigenvalue weighted by Gasteiger charge is -2.32. The molecule has 2 saturated heterocycles. The first-order valence-electron chi connectivity index (χ1n) is 7.64. The monoisotopic (exact) mass is 337 g/mol. The van der Waals surface area contributed by atoms with E-state index < -0.39 is 0 Å². The molecule has 20 heavy (non-hydrogen) atoms. The van der Waals surface area contributed by atoms with Gasteiger partial charge >= 0.3 is 0 Å². The van der Waals surface area contributed by atoms with Crippen LogP contribution in [0.2, 0.25) is 0 Å². The standard InChI is InChI=1S/C16H24BrN3/c1-13-10-14(2-3-16(13)17)11-19-7-4-15(12-19)20-8-5-18-6-9-20/h2-3,10,15,18H,4-9,11-12H2,1H3. The topological polar surface area (TPSA) is 18.5 Å². The Morgan fingerprint density at radius 2 is 2.05 bits per heavy atom. The third kappa shape index (κ3) is 3.42. The molecule has 1 aromatic rings. The number of piperazine rings is 1. The highest BCUT2D eigenvalue weighted by Crippen LogP contribution is 2.21. The minimum atomic E-state index is 0.772. The lowest BCUT2D eigenvalue weighted by Crippen LogP contribution is -2.49. The van der Waals surface area contributed by atoms with Crippen LogP contribution in [-0.2, 0) is 6.54 Å². The molecule has 3 nitrogen and oxygen atoms in total. The average molecular weight is 338 g/mol. The average Bonchev–Trinajstić information content (AvgIpc) is 2.92. The van der Waals surface area contributed by atoms with Crippen LogP contribution in [-0.4, -0.2) is 55.1 Å². The van der Waals surface area contributed by atoms with E-state index in [0.29, 0.717) is 0 Å². The molecule has 110 valence electrons. The molecule has 1 atom stereocenters. The van der Waals surface area contributed by atoms with Crippen molar-refractivity contribution in [2.24, 2.45) is 0 Å². The Balaban J connectivity index is 1.55. The van der Waals surface area contributed by atoms with E-state index in [1.165, 1.54) is 48.2 Å². The second-order valence-electron chi connectivity index (χ2n) is 6.05. The zero-order chi connectivity index (χ0) is 13.9. The van der Waals surface area contributed by atoms with Crippen LogP contribution in [0.1, 0.15) is 17.5 Å². The van der Waals surface area contributed by atoms with E-state index in [2.05, 4.69) is 56.2 Å². The van der Waals surface area contributed by atoms with E-state index in [9.17, 15) is 0 Å². The highest BCUT2D eigenvalue weighted by molar-refractivity contribution is 9.10. The molecule has 0 amide bonds. The first-order chi connectivity index (χ1) is 9.72. The van der Waals surface area contributed by atoms with E-state index in [0.717, 1.165) is 25.7 Å². The molecule has 0 radical (unpaired) electrons. The fourth-order valence-electron chi connectivity index (χ4n) is 3.36. The summed E-state index contributed by atoms with van der Waals surface area (Å²) in [5, 5.41) is 3.44. The molecule has 2 fully saturated rings.